The second kappa shape index (κ2) is 13.1. The van der Waals surface area contributed by atoms with E-state index in [1.54, 1.807) is 27.9 Å². The predicted molar refractivity (Wildman–Crippen MR) is 166 cm³/mol. The molecule has 0 radical (unpaired) electrons. The number of fused-ring (bicyclic) bond motifs is 5. The van der Waals surface area contributed by atoms with Gasteiger partial charge in [0.2, 0.25) is 5.91 Å². The Bertz CT molecular complexity index is 1350. The standard InChI is InChI=1S/C32H44ClN3O8/c1-17-10-9-11-18(2)32(40)16-24(42-30(39)35-32)19(3)28-31(5,44-28)25(43-29(38)20(4)34-6)15-26(37)36(7)22-13-21(12-17)14-23(41-8)27(22)33/h9-11,13-14,18-20,24-25,28,34,40H,12,15-16H2,1-8H3,(H,35,39)/b11-9+,17-10+/t18-,19-,20+,24+,25+,28+,31-,32+/m1/s1. The third kappa shape index (κ3) is 6.91. The number of esters is 1. The van der Waals surface area contributed by atoms with Crippen LogP contribution in [-0.2, 0) is 30.2 Å². The number of aliphatic hydroxyl groups is 1. The zero-order valence-electron chi connectivity index (χ0n) is 26.6. The van der Waals surface area contributed by atoms with Crippen LogP contribution in [0.4, 0.5) is 10.5 Å². The number of likely N-dealkylation sites (N-methyl/N-ethyl adjacent to an activating group) is 1. The van der Waals surface area contributed by atoms with Crippen LogP contribution in [-0.4, -0.2) is 80.0 Å². The molecule has 2 fully saturated rings. The molecule has 4 rings (SSSR count). The van der Waals surface area contributed by atoms with E-state index in [1.807, 2.05) is 51.1 Å². The van der Waals surface area contributed by atoms with Gasteiger partial charge in [0.1, 0.15) is 40.3 Å². The van der Waals surface area contributed by atoms with Crippen LogP contribution in [0.2, 0.25) is 5.02 Å². The van der Waals surface area contributed by atoms with E-state index in [0.717, 1.165) is 11.1 Å². The Morgan fingerprint density at radius 1 is 1.30 bits per heavy atom. The number of carbonyl (C=O) groups excluding carboxylic acids is 3. The number of hydrogen-bond donors (Lipinski definition) is 3. The molecule has 2 saturated heterocycles. The van der Waals surface area contributed by atoms with Crippen LogP contribution < -0.4 is 20.3 Å². The van der Waals surface area contributed by atoms with Crippen molar-refractivity contribution in [2.24, 2.45) is 11.8 Å². The number of nitrogens with zero attached hydrogens (tertiary/aromatic N) is 1. The van der Waals surface area contributed by atoms with Crippen LogP contribution in [0.5, 0.6) is 5.75 Å². The lowest BCUT2D eigenvalue weighted by Crippen LogP contribution is -2.60. The number of benzene rings is 1. The highest BCUT2D eigenvalue weighted by Crippen LogP contribution is 2.49. The summed E-state index contributed by atoms with van der Waals surface area (Å²) in [5.41, 5.74) is -0.306. The molecule has 0 aromatic heterocycles. The zero-order valence-corrected chi connectivity index (χ0v) is 27.4. The van der Waals surface area contributed by atoms with Gasteiger partial charge in [0, 0.05) is 25.3 Å². The van der Waals surface area contributed by atoms with E-state index >= 15 is 0 Å². The van der Waals surface area contributed by atoms with Crippen LogP contribution in [0, 0.1) is 11.8 Å². The molecule has 8 atom stereocenters. The Balaban J connectivity index is 1.78. The molecule has 1 aromatic rings. The predicted octanol–water partition coefficient (Wildman–Crippen LogP) is 3.90. The number of epoxide rings is 1. The van der Waals surface area contributed by atoms with Crippen LogP contribution >= 0.6 is 11.6 Å². The van der Waals surface area contributed by atoms with Crippen LogP contribution in [0.3, 0.4) is 0 Å². The monoisotopic (exact) mass is 633 g/mol. The number of allylic oxidation sites excluding steroid dienone is 3. The fourth-order valence-electron chi connectivity index (χ4n) is 5.87. The molecule has 0 saturated carbocycles. The minimum atomic E-state index is -1.56. The van der Waals surface area contributed by atoms with E-state index in [4.69, 9.17) is 30.5 Å². The average Bonchev–Trinajstić information content (AvgIpc) is 3.67. The number of ether oxygens (including phenoxy) is 4. The number of anilines is 1. The van der Waals surface area contributed by atoms with Gasteiger partial charge in [-0.3, -0.25) is 14.9 Å². The van der Waals surface area contributed by atoms with Crippen molar-refractivity contribution in [1.29, 1.82) is 0 Å². The Kier molecular flexibility index (Phi) is 10.0. The summed E-state index contributed by atoms with van der Waals surface area (Å²) in [5.74, 6) is -1.32. The number of halogens is 1. The molecular formula is C32H44ClN3O8. The van der Waals surface area contributed by atoms with Crippen molar-refractivity contribution in [2.45, 2.75) is 89.6 Å². The van der Waals surface area contributed by atoms with Gasteiger partial charge in [-0.2, -0.15) is 0 Å². The summed E-state index contributed by atoms with van der Waals surface area (Å²) in [7, 11) is 4.77. The Hall–Kier alpha value is -3.12. The summed E-state index contributed by atoms with van der Waals surface area (Å²) < 4.78 is 23.3. The van der Waals surface area contributed by atoms with Gasteiger partial charge in [0.25, 0.3) is 0 Å². The lowest BCUT2D eigenvalue weighted by Gasteiger charge is -2.41. The van der Waals surface area contributed by atoms with E-state index in [1.165, 1.54) is 12.0 Å². The molecular weight excluding hydrogens is 590 g/mol. The number of amides is 2. The summed E-state index contributed by atoms with van der Waals surface area (Å²) in [4.78, 5) is 40.9. The van der Waals surface area contributed by atoms with Crippen molar-refractivity contribution in [3.63, 3.8) is 0 Å². The molecule has 0 spiro atoms. The summed E-state index contributed by atoms with van der Waals surface area (Å²) in [6.07, 6.45) is 3.12. The minimum Gasteiger partial charge on any atom is -0.495 e. The highest BCUT2D eigenvalue weighted by atomic mass is 35.5. The molecule has 0 unspecified atom stereocenters. The third-order valence-corrected chi connectivity index (χ3v) is 9.52. The normalized spacial score (nSPS) is 35.3. The van der Waals surface area contributed by atoms with Gasteiger partial charge < -0.3 is 34.3 Å². The number of rotatable bonds is 4. The van der Waals surface area contributed by atoms with Crippen molar-refractivity contribution in [3.8, 4) is 5.75 Å². The molecule has 2 amide bonds. The van der Waals surface area contributed by atoms with Crippen LogP contribution in [0.1, 0.15) is 53.0 Å². The number of nitrogens with one attached hydrogen (secondary N) is 2. The Morgan fingerprint density at radius 2 is 2.00 bits per heavy atom. The molecule has 11 nitrogen and oxygen atoms in total. The smallest absolute Gasteiger partial charge is 0.409 e. The fraction of sp³-hybridized carbons (Fsp3) is 0.594. The molecule has 12 heteroatoms. The Labute approximate surface area is 263 Å². The highest BCUT2D eigenvalue weighted by molar-refractivity contribution is 6.35. The number of carbonyl (C=O) groups is 3. The maximum absolute atomic E-state index is 13.8. The third-order valence-electron chi connectivity index (χ3n) is 9.14. The van der Waals surface area contributed by atoms with Crippen molar-refractivity contribution in [2.75, 3.05) is 26.1 Å². The maximum atomic E-state index is 13.8. The largest absolute Gasteiger partial charge is 0.495 e. The second-order valence-electron chi connectivity index (χ2n) is 12.4. The van der Waals surface area contributed by atoms with Crippen molar-refractivity contribution in [3.05, 3.63) is 46.5 Å². The first-order chi connectivity index (χ1) is 20.6. The lowest BCUT2D eigenvalue weighted by molar-refractivity contribution is -0.155. The molecule has 0 aliphatic carbocycles. The van der Waals surface area contributed by atoms with E-state index in [9.17, 15) is 19.5 Å². The van der Waals surface area contributed by atoms with E-state index in [2.05, 4.69) is 10.6 Å². The van der Waals surface area contributed by atoms with E-state index in [0.29, 0.717) is 17.9 Å². The van der Waals surface area contributed by atoms with Crippen molar-refractivity contribution < 1.29 is 38.4 Å². The zero-order chi connectivity index (χ0) is 32.6. The first-order valence-corrected chi connectivity index (χ1v) is 15.2. The van der Waals surface area contributed by atoms with Crippen LogP contribution in [0.15, 0.2) is 35.9 Å². The topological polar surface area (TPSA) is 139 Å². The summed E-state index contributed by atoms with van der Waals surface area (Å²) in [6, 6.07) is 3.04. The molecule has 4 bridgehead atoms. The molecule has 3 aliphatic heterocycles. The minimum absolute atomic E-state index is 0.108. The van der Waals surface area contributed by atoms with Gasteiger partial charge in [0.05, 0.1) is 25.3 Å². The van der Waals surface area contributed by atoms with Gasteiger partial charge in [-0.25, -0.2) is 4.79 Å². The van der Waals surface area contributed by atoms with Gasteiger partial charge in [-0.15, -0.1) is 0 Å². The molecule has 3 N–H and O–H groups in total. The summed E-state index contributed by atoms with van der Waals surface area (Å²) in [5, 5.41) is 17.3. The Morgan fingerprint density at radius 3 is 2.66 bits per heavy atom. The quantitative estimate of drug-likeness (QED) is 0.333. The average molecular weight is 634 g/mol. The molecule has 1 aromatic carbocycles. The lowest BCUT2D eigenvalue weighted by atomic mass is 9.82. The number of hydrogen-bond acceptors (Lipinski definition) is 9. The van der Waals surface area contributed by atoms with Gasteiger partial charge >= 0.3 is 12.1 Å². The molecule has 44 heavy (non-hydrogen) atoms. The first-order valence-electron chi connectivity index (χ1n) is 14.9. The van der Waals surface area contributed by atoms with Crippen LogP contribution in [0.25, 0.3) is 0 Å². The fourth-order valence-corrected chi connectivity index (χ4v) is 6.18. The van der Waals surface area contributed by atoms with E-state index < -0.39 is 59.6 Å². The first kappa shape index (κ1) is 33.8. The summed E-state index contributed by atoms with van der Waals surface area (Å²) >= 11 is 6.69. The maximum Gasteiger partial charge on any atom is 0.409 e. The molecule has 3 heterocycles. The SMILES string of the molecule is CN[C@@H](C)C(=O)O[C@H]1CC(=O)N(C)c2cc(cc(OC)c2Cl)C/C(C)=C/C=C/[C@@H](C)[C@@]2(O)C[C@H](OC(=O)N2)[C@@H](C)[C@@H]2O[C@]12C. The molecule has 3 aliphatic rings. The van der Waals surface area contributed by atoms with Crippen molar-refractivity contribution >= 4 is 35.3 Å². The highest BCUT2D eigenvalue weighted by Gasteiger charge is 2.64. The van der Waals surface area contributed by atoms with Gasteiger partial charge in [-0.05, 0) is 51.9 Å². The number of methoxy groups -OCH3 is 1. The number of alkyl carbamates (subject to hydrolysis) is 1. The van der Waals surface area contributed by atoms with E-state index in [-0.39, 0.29) is 23.8 Å². The molecule has 242 valence electrons. The van der Waals surface area contributed by atoms with Gasteiger partial charge in [0.15, 0.2) is 0 Å². The summed E-state index contributed by atoms with van der Waals surface area (Å²) in [6.45, 7) is 9.08. The van der Waals surface area contributed by atoms with Gasteiger partial charge in [-0.1, -0.05) is 49.2 Å². The van der Waals surface area contributed by atoms with Crippen molar-refractivity contribution in [1.82, 2.24) is 10.6 Å². The second-order valence-corrected chi connectivity index (χ2v) is 12.7.